The Morgan fingerprint density at radius 3 is 1.02 bits per heavy atom. The molecule has 82 heavy (non-hydrogen) atoms. The van der Waals surface area contributed by atoms with Crippen LogP contribution in [0.25, 0.3) is 30.0 Å². The summed E-state index contributed by atoms with van der Waals surface area (Å²) in [5, 5.41) is 27.9. The van der Waals surface area contributed by atoms with Gasteiger partial charge in [-0.05, 0) is 198 Å². The minimum absolute atomic E-state index is 0. The van der Waals surface area contributed by atoms with Crippen LogP contribution in [-0.4, -0.2) is 17.0 Å². The van der Waals surface area contributed by atoms with Gasteiger partial charge >= 0.3 is 5.97 Å². The summed E-state index contributed by atoms with van der Waals surface area (Å²) in [7, 11) is 0.262. The van der Waals surface area contributed by atoms with E-state index >= 15 is 0 Å². The number of halogens is 1. The van der Waals surface area contributed by atoms with Gasteiger partial charge in [-0.15, -0.1) is 0 Å². The van der Waals surface area contributed by atoms with Crippen LogP contribution in [0.1, 0.15) is 238 Å². The van der Waals surface area contributed by atoms with Crippen molar-refractivity contribution in [2.45, 2.75) is 240 Å². The summed E-state index contributed by atoms with van der Waals surface area (Å²) in [4.78, 5) is 25.3. The number of aryl methyl sites for hydroxylation is 2. The van der Waals surface area contributed by atoms with E-state index in [1.54, 1.807) is 0 Å². The van der Waals surface area contributed by atoms with Crippen LogP contribution in [0.3, 0.4) is 0 Å². The van der Waals surface area contributed by atoms with Crippen molar-refractivity contribution in [1.29, 1.82) is 0 Å². The van der Waals surface area contributed by atoms with Crippen LogP contribution in [-0.2, 0) is 22.4 Å². The lowest BCUT2D eigenvalue weighted by molar-refractivity contribution is -0.327. The molecular formula is C75H105BrO4S2. The molecule has 2 aromatic heterocycles. The summed E-state index contributed by atoms with van der Waals surface area (Å²) in [5.74, 6) is 3.13. The highest BCUT2D eigenvalue weighted by atomic mass is 79.9. The minimum Gasteiger partial charge on any atom is -1.00 e. The Morgan fingerprint density at radius 2 is 0.720 bits per heavy atom. The van der Waals surface area contributed by atoms with Crippen LogP contribution < -0.4 is 22.1 Å². The molecule has 8 saturated carbocycles. The summed E-state index contributed by atoms with van der Waals surface area (Å²) < 4.78 is 2.94. The van der Waals surface area contributed by atoms with Gasteiger partial charge in [0.25, 0.3) is 0 Å². The highest BCUT2D eigenvalue weighted by Crippen LogP contribution is 2.61. The molecular weight excluding hydrogens is 1110 g/mol. The van der Waals surface area contributed by atoms with E-state index in [0.29, 0.717) is 17.8 Å². The van der Waals surface area contributed by atoms with Crippen molar-refractivity contribution < 1.29 is 36.8 Å². The lowest BCUT2D eigenvalue weighted by atomic mass is 9.49. The highest BCUT2D eigenvalue weighted by molar-refractivity contribution is 7.44. The molecule has 8 bridgehead atoms. The second-order valence-corrected chi connectivity index (χ2v) is 30.2. The number of carboxylic acid groups (broad SMARTS) is 2. The minimum atomic E-state index is -0.758. The molecule has 0 saturated heterocycles. The number of carbonyl (C=O) groups is 2. The van der Waals surface area contributed by atoms with Gasteiger partial charge in [0.05, 0.1) is 5.41 Å². The lowest BCUT2D eigenvalue weighted by Crippen LogP contribution is -3.00. The van der Waals surface area contributed by atoms with E-state index in [9.17, 15) is 19.8 Å². The summed E-state index contributed by atoms with van der Waals surface area (Å²) in [6.45, 7) is 4.58. The topological polar surface area (TPSA) is 77.4 Å². The number of unbranched alkanes of at least 4 members (excludes halogenated alkanes) is 18. The van der Waals surface area contributed by atoms with Gasteiger partial charge in [0.2, 0.25) is 0 Å². The van der Waals surface area contributed by atoms with Crippen LogP contribution in [0.15, 0.2) is 120 Å². The highest BCUT2D eigenvalue weighted by Gasteiger charge is 2.55. The molecule has 8 aliphatic carbocycles. The summed E-state index contributed by atoms with van der Waals surface area (Å²) in [5.41, 5.74) is 2.32. The van der Waals surface area contributed by atoms with E-state index < -0.39 is 17.4 Å². The number of thiophene rings is 2. The molecule has 448 valence electrons. The van der Waals surface area contributed by atoms with Crippen LogP contribution >= 0.6 is 20.9 Å². The molecule has 2 heterocycles. The molecule has 2 unspecified atom stereocenters. The number of hydrogen-bond acceptors (Lipinski definition) is 3. The third-order valence-electron chi connectivity index (χ3n) is 20.0. The summed E-state index contributed by atoms with van der Waals surface area (Å²) in [6, 6.07) is 40.9. The van der Waals surface area contributed by atoms with Crippen molar-refractivity contribution in [3.63, 3.8) is 0 Å². The second kappa shape index (κ2) is 33.2. The van der Waals surface area contributed by atoms with Crippen molar-refractivity contribution in [1.82, 2.24) is 0 Å². The monoisotopic (exact) mass is 1210 g/mol. The van der Waals surface area contributed by atoms with Crippen molar-refractivity contribution in [2.75, 3.05) is 0 Å². The number of aliphatic carboxylic acids is 2. The van der Waals surface area contributed by atoms with Gasteiger partial charge in [0, 0.05) is 55.2 Å². The Kier molecular flexibility index (Phi) is 26.6. The first-order chi connectivity index (χ1) is 39.1. The second-order valence-electron chi connectivity index (χ2n) is 26.5. The molecule has 4 aromatic carbocycles. The zero-order chi connectivity index (χ0) is 55.6. The largest absolute Gasteiger partial charge is 1.00 e. The van der Waals surface area contributed by atoms with Gasteiger partial charge < -0.3 is 32.0 Å². The fourth-order valence-electron chi connectivity index (χ4n) is 16.4. The first-order valence-corrected chi connectivity index (χ1v) is 35.3. The Bertz CT molecular complexity index is 2540. The van der Waals surface area contributed by atoms with Gasteiger partial charge in [-0.3, -0.25) is 4.79 Å². The Balaban J connectivity index is 0.000000164. The van der Waals surface area contributed by atoms with Crippen molar-refractivity contribution in [3.05, 3.63) is 131 Å². The molecule has 0 aliphatic heterocycles. The normalized spacial score (nSPS) is 24.5. The van der Waals surface area contributed by atoms with Crippen LogP contribution in [0.2, 0.25) is 0 Å². The predicted octanol–water partition coefficient (Wildman–Crippen LogP) is 19.0. The molecule has 14 rings (SSSR count). The Labute approximate surface area is 513 Å². The zero-order valence-electron chi connectivity index (χ0n) is 49.9. The quantitative estimate of drug-likeness (QED) is 0.0434. The van der Waals surface area contributed by atoms with Crippen LogP contribution in [0.5, 0.6) is 0 Å². The molecule has 2 atom stereocenters. The zero-order valence-corrected chi connectivity index (χ0v) is 53.1. The first-order valence-electron chi connectivity index (χ1n) is 32.8. The number of carbonyl (C=O) groups excluding carboxylic acids is 1. The average Bonchev–Trinajstić information content (AvgIpc) is 2.51. The number of fused-ring (bicyclic) bond motifs is 2. The van der Waals surface area contributed by atoms with Crippen molar-refractivity contribution >= 4 is 53.1 Å². The SMILES string of the molecule is C.CCCCCCCCCCCCc1ccc(-[s+]2ccc3ccccc32)cc1.CCCCCCCCCCCCc1ccc(-[s+]2ccc3ccccc32)cc1.O=C(O)C12CC3CC(CC(C3)C1)C2.O=C([O-])C12CC3CC(CC(C3)C1)C2.[Br-]. The van der Waals surface area contributed by atoms with E-state index in [0.717, 1.165) is 56.3 Å². The van der Waals surface area contributed by atoms with Gasteiger partial charge in [-0.2, -0.15) is 0 Å². The molecule has 4 nitrogen and oxygen atoms in total. The molecule has 0 spiro atoms. The Morgan fingerprint density at radius 1 is 0.427 bits per heavy atom. The lowest BCUT2D eigenvalue weighted by Gasteiger charge is -2.57. The maximum atomic E-state index is 11.3. The smallest absolute Gasteiger partial charge is 0.309 e. The number of hydrogen-bond donors (Lipinski definition) is 1. The Hall–Kier alpha value is -3.78. The van der Waals surface area contributed by atoms with E-state index in [4.69, 9.17) is 0 Å². The summed E-state index contributed by atoms with van der Waals surface area (Å²) in [6.07, 6.45) is 44.3. The number of rotatable bonds is 26. The standard InChI is InChI=1S/2C26H35S.2C11H16O2.CH4.BrH/c2*1-2-3-4-5-6-7-8-9-10-11-14-23-17-19-25(20-18-23)27-22-21-24-15-12-13-16-26(24)27;2*12-10(13)11-4-7-1-8(5-11)3-9(2-7)6-11;;/h2*12-13,15-22H,2-11,14H2,1H3;2*7-9H,1-6H2,(H,12,13);1H4;1H/q2*+1;;;;/p-2. The maximum absolute atomic E-state index is 11.3. The van der Waals surface area contributed by atoms with Crippen LogP contribution in [0.4, 0.5) is 0 Å². The first kappa shape index (κ1) is 65.8. The average molecular weight is 1210 g/mol. The molecule has 8 fully saturated rings. The van der Waals surface area contributed by atoms with E-state index in [1.807, 2.05) is 0 Å². The number of benzene rings is 4. The molecule has 0 radical (unpaired) electrons. The number of carboxylic acids is 2. The predicted molar refractivity (Wildman–Crippen MR) is 347 cm³/mol. The van der Waals surface area contributed by atoms with Crippen molar-refractivity contribution in [3.8, 4) is 9.79 Å². The molecule has 7 heteroatoms. The fourth-order valence-corrected chi connectivity index (χ4v) is 20.2. The van der Waals surface area contributed by atoms with E-state index in [-0.39, 0.29) is 50.8 Å². The maximum Gasteiger partial charge on any atom is 0.309 e. The van der Waals surface area contributed by atoms with E-state index in [1.165, 1.54) is 221 Å². The van der Waals surface area contributed by atoms with Gasteiger partial charge in [-0.25, -0.2) is 0 Å². The molecule has 6 aromatic rings. The molecule has 0 amide bonds. The third-order valence-corrected chi connectivity index (χ3v) is 24.1. The molecule has 8 aliphatic rings. The van der Waals surface area contributed by atoms with E-state index in [2.05, 4.69) is 134 Å². The van der Waals surface area contributed by atoms with Crippen LogP contribution in [0, 0.1) is 46.3 Å². The fraction of sp³-hybridized carbons (Fsp3) is 0.600. The van der Waals surface area contributed by atoms with Gasteiger partial charge in [0.15, 0.2) is 19.2 Å². The molecule has 1 N–H and O–H groups in total. The third kappa shape index (κ3) is 18.1. The van der Waals surface area contributed by atoms with Gasteiger partial charge in [-0.1, -0.05) is 185 Å². The van der Waals surface area contributed by atoms with Gasteiger partial charge in [0.1, 0.15) is 10.8 Å². The summed E-state index contributed by atoms with van der Waals surface area (Å²) >= 11 is 0. The van der Waals surface area contributed by atoms with Crippen molar-refractivity contribution in [2.24, 2.45) is 46.3 Å².